The first-order valence-electron chi connectivity index (χ1n) is 7.05. The van der Waals surface area contributed by atoms with E-state index >= 15 is 0 Å². The highest BCUT2D eigenvalue weighted by Crippen LogP contribution is 2.35. The largest absolute Gasteiger partial charge is 0.341 e. The Kier molecular flexibility index (Phi) is 2.96. The van der Waals surface area contributed by atoms with Crippen LogP contribution in [-0.4, -0.2) is 28.5 Å². The van der Waals surface area contributed by atoms with Crippen LogP contribution in [0.25, 0.3) is 0 Å². The second kappa shape index (κ2) is 4.51. The molecule has 3 heterocycles. The number of aromatic nitrogens is 1. The van der Waals surface area contributed by atoms with Gasteiger partial charge >= 0.3 is 0 Å². The van der Waals surface area contributed by atoms with Gasteiger partial charge in [-0.3, -0.25) is 9.59 Å². The van der Waals surface area contributed by atoms with Gasteiger partial charge in [0.15, 0.2) is 0 Å². The third-order valence-corrected chi connectivity index (χ3v) is 4.29. The van der Waals surface area contributed by atoms with Crippen LogP contribution in [0.15, 0.2) is 23.0 Å². The Hall–Kier alpha value is -1.58. The molecule has 1 saturated heterocycles. The van der Waals surface area contributed by atoms with Crippen LogP contribution >= 0.6 is 0 Å². The van der Waals surface area contributed by atoms with E-state index in [1.165, 1.54) is 0 Å². The number of hydrogen-bond acceptors (Lipinski definition) is 2. The summed E-state index contributed by atoms with van der Waals surface area (Å²) in [7, 11) is 0. The highest BCUT2D eigenvalue weighted by atomic mass is 16.2. The average molecular weight is 260 g/mol. The molecule has 102 valence electrons. The van der Waals surface area contributed by atoms with Gasteiger partial charge < -0.3 is 9.47 Å². The molecule has 3 rings (SSSR count). The average Bonchev–Trinajstić information content (AvgIpc) is 2.39. The zero-order chi connectivity index (χ0) is 13.6. The van der Waals surface area contributed by atoms with Gasteiger partial charge in [-0.15, -0.1) is 0 Å². The fourth-order valence-electron chi connectivity index (χ4n) is 3.44. The molecule has 0 aliphatic carbocycles. The lowest BCUT2D eigenvalue weighted by Gasteiger charge is -2.43. The van der Waals surface area contributed by atoms with Crippen molar-refractivity contribution in [3.8, 4) is 0 Å². The first-order chi connectivity index (χ1) is 9.06. The van der Waals surface area contributed by atoms with Gasteiger partial charge in [-0.25, -0.2) is 0 Å². The van der Waals surface area contributed by atoms with Gasteiger partial charge in [0.25, 0.3) is 5.56 Å². The molecule has 0 aromatic carbocycles. The van der Waals surface area contributed by atoms with Crippen molar-refractivity contribution < 1.29 is 4.79 Å². The minimum absolute atomic E-state index is 0.0526. The van der Waals surface area contributed by atoms with Crippen molar-refractivity contribution in [2.45, 2.75) is 32.7 Å². The van der Waals surface area contributed by atoms with Crippen LogP contribution in [0.3, 0.4) is 0 Å². The zero-order valence-corrected chi connectivity index (χ0v) is 11.5. The Balaban J connectivity index is 1.92. The smallest absolute Gasteiger partial charge is 0.250 e. The molecule has 4 nitrogen and oxygen atoms in total. The van der Waals surface area contributed by atoms with Crippen LogP contribution in [0.5, 0.6) is 0 Å². The molecule has 1 fully saturated rings. The molecule has 0 spiro atoms. The number of hydrogen-bond donors (Lipinski definition) is 0. The Morgan fingerprint density at radius 3 is 2.79 bits per heavy atom. The van der Waals surface area contributed by atoms with Crippen LogP contribution in [0.1, 0.15) is 31.9 Å². The fraction of sp³-hybridized carbons (Fsp3) is 0.600. The summed E-state index contributed by atoms with van der Waals surface area (Å²) in [6.45, 7) is 6.22. The summed E-state index contributed by atoms with van der Waals surface area (Å²) < 4.78 is 1.90. The van der Waals surface area contributed by atoms with E-state index in [4.69, 9.17) is 0 Å². The third-order valence-electron chi connectivity index (χ3n) is 4.29. The van der Waals surface area contributed by atoms with E-state index in [1.54, 1.807) is 6.07 Å². The molecule has 0 saturated carbocycles. The summed E-state index contributed by atoms with van der Waals surface area (Å²) >= 11 is 0. The standard InChI is InChI=1S/C15H20N2O2/c1-10(2)15(19)16-7-11-6-12(9-16)13-4-3-5-14(18)17(13)8-11/h3-5,10-12H,6-9H2,1-2H3/t11-,12+/m0/s1. The highest BCUT2D eigenvalue weighted by Gasteiger charge is 2.36. The second-order valence-electron chi connectivity index (χ2n) is 6.10. The molecule has 1 aromatic rings. The third kappa shape index (κ3) is 2.09. The van der Waals surface area contributed by atoms with Crippen LogP contribution in [0, 0.1) is 11.8 Å². The topological polar surface area (TPSA) is 42.3 Å². The molecule has 0 N–H and O–H groups in total. The molecule has 0 radical (unpaired) electrons. The van der Waals surface area contributed by atoms with Crippen molar-refractivity contribution in [2.75, 3.05) is 13.1 Å². The Morgan fingerprint density at radius 2 is 2.05 bits per heavy atom. The van der Waals surface area contributed by atoms with Crippen molar-refractivity contribution in [3.63, 3.8) is 0 Å². The number of rotatable bonds is 1. The van der Waals surface area contributed by atoms with E-state index in [-0.39, 0.29) is 17.4 Å². The van der Waals surface area contributed by atoms with Crippen LogP contribution in [-0.2, 0) is 11.3 Å². The van der Waals surface area contributed by atoms with Crippen molar-refractivity contribution in [1.29, 1.82) is 0 Å². The molecular weight excluding hydrogens is 240 g/mol. The van der Waals surface area contributed by atoms with E-state index in [1.807, 2.05) is 35.4 Å². The van der Waals surface area contributed by atoms with Crippen LogP contribution in [0.2, 0.25) is 0 Å². The lowest BCUT2D eigenvalue weighted by atomic mass is 9.83. The minimum atomic E-state index is 0.0526. The van der Waals surface area contributed by atoms with Gasteiger partial charge in [0.05, 0.1) is 0 Å². The molecule has 0 unspecified atom stereocenters. The summed E-state index contributed by atoms with van der Waals surface area (Å²) in [5.74, 6) is 1.04. The maximum absolute atomic E-state index is 12.2. The van der Waals surface area contributed by atoms with Crippen molar-refractivity contribution in [3.05, 3.63) is 34.2 Å². The Bertz CT molecular complexity index is 562. The SMILES string of the molecule is CC(C)C(=O)N1C[C@@H]2C[C@H](C1)c1cccc(=O)n1C2. The summed E-state index contributed by atoms with van der Waals surface area (Å²) in [6.07, 6.45) is 1.10. The summed E-state index contributed by atoms with van der Waals surface area (Å²) in [5.41, 5.74) is 1.20. The molecule has 19 heavy (non-hydrogen) atoms. The number of amides is 1. The van der Waals surface area contributed by atoms with E-state index in [0.717, 1.165) is 31.7 Å². The lowest BCUT2D eigenvalue weighted by Crippen LogP contribution is -2.50. The van der Waals surface area contributed by atoms with Crippen molar-refractivity contribution >= 4 is 5.91 Å². The van der Waals surface area contributed by atoms with E-state index in [9.17, 15) is 9.59 Å². The molecule has 2 aliphatic heterocycles. The number of pyridine rings is 1. The van der Waals surface area contributed by atoms with Crippen LogP contribution in [0.4, 0.5) is 0 Å². The highest BCUT2D eigenvalue weighted by molar-refractivity contribution is 5.78. The van der Waals surface area contributed by atoms with Gasteiger partial charge in [-0.2, -0.15) is 0 Å². The maximum atomic E-state index is 12.2. The lowest BCUT2D eigenvalue weighted by molar-refractivity contribution is -0.137. The monoisotopic (exact) mass is 260 g/mol. The molecule has 1 aromatic heterocycles. The quantitative estimate of drug-likeness (QED) is 0.767. The number of fused-ring (bicyclic) bond motifs is 4. The second-order valence-corrected chi connectivity index (χ2v) is 6.10. The van der Waals surface area contributed by atoms with Gasteiger partial charge in [-0.1, -0.05) is 19.9 Å². The molecule has 1 amide bonds. The zero-order valence-electron chi connectivity index (χ0n) is 11.5. The van der Waals surface area contributed by atoms with Gasteiger partial charge in [0.1, 0.15) is 0 Å². The van der Waals surface area contributed by atoms with Crippen molar-refractivity contribution in [1.82, 2.24) is 9.47 Å². The summed E-state index contributed by atoms with van der Waals surface area (Å²) in [4.78, 5) is 26.1. The summed E-state index contributed by atoms with van der Waals surface area (Å²) in [6, 6.07) is 5.49. The molecule has 2 bridgehead atoms. The van der Waals surface area contributed by atoms with Gasteiger partial charge in [0, 0.05) is 43.2 Å². The number of carbonyl (C=O) groups excluding carboxylic acids is 1. The Labute approximate surface area is 113 Å². The predicted molar refractivity (Wildman–Crippen MR) is 73.0 cm³/mol. The normalized spacial score (nSPS) is 25.3. The molecular formula is C15H20N2O2. The number of nitrogens with zero attached hydrogens (tertiary/aromatic N) is 2. The number of carbonyl (C=O) groups is 1. The molecule has 2 atom stereocenters. The fourth-order valence-corrected chi connectivity index (χ4v) is 3.44. The maximum Gasteiger partial charge on any atom is 0.250 e. The van der Waals surface area contributed by atoms with E-state index < -0.39 is 0 Å². The molecule has 2 aliphatic rings. The van der Waals surface area contributed by atoms with E-state index in [0.29, 0.717) is 11.8 Å². The number of likely N-dealkylation sites (tertiary alicyclic amines) is 1. The summed E-state index contributed by atoms with van der Waals surface area (Å²) in [5, 5.41) is 0. The van der Waals surface area contributed by atoms with E-state index in [2.05, 4.69) is 0 Å². The number of piperidine rings is 1. The first-order valence-corrected chi connectivity index (χ1v) is 7.05. The van der Waals surface area contributed by atoms with Crippen molar-refractivity contribution in [2.24, 2.45) is 11.8 Å². The predicted octanol–water partition coefficient (Wildman–Crippen LogP) is 1.45. The Morgan fingerprint density at radius 1 is 1.26 bits per heavy atom. The minimum Gasteiger partial charge on any atom is -0.341 e. The molecule has 4 heteroatoms. The first kappa shape index (κ1) is 12.5. The van der Waals surface area contributed by atoms with Crippen LogP contribution < -0.4 is 5.56 Å². The van der Waals surface area contributed by atoms with Gasteiger partial charge in [-0.05, 0) is 18.4 Å². The van der Waals surface area contributed by atoms with Gasteiger partial charge in [0.2, 0.25) is 5.91 Å².